The molecule has 1 unspecified atom stereocenters. The lowest BCUT2D eigenvalue weighted by molar-refractivity contribution is 0.418. The summed E-state index contributed by atoms with van der Waals surface area (Å²) in [5.74, 6) is 1.27. The van der Waals surface area contributed by atoms with Crippen molar-refractivity contribution in [2.75, 3.05) is 23.3 Å². The number of rotatable bonds is 6. The molecule has 0 radical (unpaired) electrons. The van der Waals surface area contributed by atoms with E-state index < -0.39 is 10.4 Å². The van der Waals surface area contributed by atoms with Crippen LogP contribution in [0.4, 0.5) is 17.5 Å². The van der Waals surface area contributed by atoms with Crippen LogP contribution in [-0.4, -0.2) is 33.7 Å². The maximum atomic E-state index is 12.4. The molecule has 0 bridgehead atoms. The van der Waals surface area contributed by atoms with Crippen LogP contribution in [0.25, 0.3) is 0 Å². The number of aromatic nitrogens is 2. The summed E-state index contributed by atoms with van der Waals surface area (Å²) in [6.45, 7) is 1.35. The third-order valence-corrected chi connectivity index (χ3v) is 7.89. The number of hydrogen-bond donors (Lipinski definition) is 2. The van der Waals surface area contributed by atoms with E-state index in [1.165, 1.54) is 11.3 Å². The van der Waals surface area contributed by atoms with Crippen LogP contribution >= 0.6 is 22.9 Å². The average Bonchev–Trinajstić information content (AvgIpc) is 3.26. The molecule has 1 fully saturated rings. The van der Waals surface area contributed by atoms with E-state index in [0.717, 1.165) is 5.69 Å². The second kappa shape index (κ2) is 8.76. The van der Waals surface area contributed by atoms with Gasteiger partial charge in [-0.2, -0.15) is 4.98 Å². The lowest BCUT2D eigenvalue weighted by atomic mass is 10.1. The predicted molar refractivity (Wildman–Crippen MR) is 117 cm³/mol. The molecule has 0 aliphatic carbocycles. The van der Waals surface area contributed by atoms with Crippen molar-refractivity contribution in [2.45, 2.75) is 23.1 Å². The third kappa shape index (κ3) is 4.93. The maximum Gasteiger partial charge on any atom is 0.228 e. The number of nitrogens with one attached hydrogen (secondary N) is 2. The fraction of sp³-hybridized carbons (Fsp3) is 0.263. The monoisotopic (exact) mass is 449 g/mol. The summed E-state index contributed by atoms with van der Waals surface area (Å²) in [6, 6.07) is 12.5. The van der Waals surface area contributed by atoms with E-state index in [-0.39, 0.29) is 6.04 Å². The highest BCUT2D eigenvalue weighted by molar-refractivity contribution is 7.97. The Balaban J connectivity index is 1.37. The van der Waals surface area contributed by atoms with Crippen molar-refractivity contribution < 1.29 is 8.76 Å². The van der Waals surface area contributed by atoms with Gasteiger partial charge in [0.25, 0.3) is 0 Å². The van der Waals surface area contributed by atoms with Gasteiger partial charge >= 0.3 is 0 Å². The molecule has 1 atom stereocenters. The minimum Gasteiger partial charge on any atom is -0.592 e. The van der Waals surface area contributed by atoms with Gasteiger partial charge in [-0.1, -0.05) is 39.3 Å². The molecule has 3 heterocycles. The zero-order valence-corrected chi connectivity index (χ0v) is 17.8. The smallest absolute Gasteiger partial charge is 0.228 e. The molecule has 0 amide bonds. The normalized spacial score (nSPS) is 17.1. The zero-order chi connectivity index (χ0) is 20.3. The fourth-order valence-electron chi connectivity index (χ4n) is 3.16. The van der Waals surface area contributed by atoms with E-state index in [4.69, 9.17) is 11.6 Å². The van der Waals surface area contributed by atoms with Crippen molar-refractivity contribution in [3.05, 3.63) is 59.1 Å². The number of piperidine rings is 1. The summed E-state index contributed by atoms with van der Waals surface area (Å²) in [6.07, 6.45) is 3.08. The topological polar surface area (TPSA) is 93.2 Å². The molecule has 152 valence electrons. The molecule has 0 spiro atoms. The molecule has 4 rings (SSSR count). The van der Waals surface area contributed by atoms with Crippen molar-refractivity contribution in [3.63, 3.8) is 0 Å². The number of thiophene rings is 1. The Morgan fingerprint density at radius 2 is 1.97 bits per heavy atom. The molecule has 1 saturated heterocycles. The van der Waals surface area contributed by atoms with Gasteiger partial charge in [-0.25, -0.2) is 4.98 Å². The second-order valence-electron chi connectivity index (χ2n) is 6.66. The van der Waals surface area contributed by atoms with Crippen LogP contribution in [0.1, 0.15) is 12.8 Å². The molecule has 10 heteroatoms. The molecule has 7 nitrogen and oxygen atoms in total. The number of sulfonamides is 1. The Morgan fingerprint density at radius 1 is 1.17 bits per heavy atom. The average molecular weight is 450 g/mol. The van der Waals surface area contributed by atoms with Gasteiger partial charge in [-0.3, -0.25) is 0 Å². The van der Waals surface area contributed by atoms with Crippen LogP contribution in [0.2, 0.25) is 5.02 Å². The van der Waals surface area contributed by atoms with Crippen LogP contribution in [0, 0.1) is 0 Å². The second-order valence-corrected chi connectivity index (χ2v) is 9.96. The molecular formula is C19H20ClN5O2S2. The molecule has 2 N–H and O–H groups in total. The summed E-state index contributed by atoms with van der Waals surface area (Å²) in [5, 5.41) is 5.59. The van der Waals surface area contributed by atoms with E-state index in [0.29, 0.717) is 46.9 Å². The largest absolute Gasteiger partial charge is 0.592 e. The van der Waals surface area contributed by atoms with Gasteiger partial charge in [-0.05, 0) is 42.5 Å². The number of halogens is 1. The summed E-state index contributed by atoms with van der Waals surface area (Å²) >= 11 is 7.42. The minimum atomic E-state index is -3.45. The molecular weight excluding hydrogens is 430 g/mol. The lowest BCUT2D eigenvalue weighted by Crippen LogP contribution is -2.46. The van der Waals surface area contributed by atoms with E-state index in [9.17, 15) is 8.76 Å². The van der Waals surface area contributed by atoms with E-state index in [1.54, 1.807) is 29.8 Å². The number of hydrogen-bond acceptors (Lipinski definition) is 7. The third-order valence-electron chi connectivity index (χ3n) is 4.64. The van der Waals surface area contributed by atoms with Crippen LogP contribution in [-0.2, 0) is 14.6 Å². The first-order chi connectivity index (χ1) is 14.0. The lowest BCUT2D eigenvalue weighted by Gasteiger charge is -2.32. The highest BCUT2D eigenvalue weighted by atomic mass is 35.5. The highest BCUT2D eigenvalue weighted by Gasteiger charge is 2.29. The van der Waals surface area contributed by atoms with Crippen molar-refractivity contribution in [2.24, 2.45) is 0 Å². The number of benzene rings is 1. The number of nitrogens with zero attached hydrogens (tertiary/aromatic N) is 3. The molecule has 0 saturated carbocycles. The van der Waals surface area contributed by atoms with Crippen LogP contribution in [0.5, 0.6) is 0 Å². The first-order valence-electron chi connectivity index (χ1n) is 9.17. The summed E-state index contributed by atoms with van der Waals surface area (Å²) < 4.78 is 28.0. The van der Waals surface area contributed by atoms with Crippen molar-refractivity contribution in [1.82, 2.24) is 14.7 Å². The Kier molecular flexibility index (Phi) is 6.12. The SMILES string of the molecule is O=[S+]([O-])(NC1CCN(c2nccc(Nc3ccccc3Cl)n2)CC1)c1cccs1. The Labute approximate surface area is 179 Å². The summed E-state index contributed by atoms with van der Waals surface area (Å²) in [4.78, 5) is 11.0. The molecule has 3 aromatic rings. The molecule has 1 aliphatic rings. The van der Waals surface area contributed by atoms with Crippen molar-refractivity contribution in [3.8, 4) is 0 Å². The van der Waals surface area contributed by atoms with Crippen LogP contribution < -0.4 is 14.9 Å². The standard InChI is InChI=1S/C19H20ClN5O2S2/c20-15-4-1-2-5-16(15)22-17-7-10-21-19(23-17)25-11-8-14(9-12-25)24-29(26,27)18-6-3-13-28-18/h1-7,10,13-14H,8-9,11-12H2,(H2-,21,22,23,24,26,27). The predicted octanol–water partition coefficient (Wildman–Crippen LogP) is 4.10. The summed E-state index contributed by atoms with van der Waals surface area (Å²) in [5.41, 5.74) is 0.778. The highest BCUT2D eigenvalue weighted by Crippen LogP contribution is 2.26. The Hall–Kier alpha value is -2.04. The Bertz CT molecular complexity index is 1010. The first kappa shape index (κ1) is 20.2. The van der Waals surface area contributed by atoms with E-state index in [2.05, 4.69) is 24.9 Å². The van der Waals surface area contributed by atoms with Gasteiger partial charge in [0, 0.05) is 25.4 Å². The number of anilines is 3. The quantitative estimate of drug-likeness (QED) is 0.550. The number of para-hydroxylation sites is 1. The minimum absolute atomic E-state index is 0.0946. The molecule has 1 aliphatic heterocycles. The molecule has 1 aromatic carbocycles. The van der Waals surface area contributed by atoms with Gasteiger partial charge in [-0.15, -0.1) is 4.72 Å². The van der Waals surface area contributed by atoms with Gasteiger partial charge in [0.1, 0.15) is 5.82 Å². The molecule has 2 aromatic heterocycles. The van der Waals surface area contributed by atoms with Crippen molar-refractivity contribution in [1.29, 1.82) is 0 Å². The van der Waals surface area contributed by atoms with Gasteiger partial charge in [0.05, 0.1) is 16.8 Å². The van der Waals surface area contributed by atoms with Crippen LogP contribution in [0.15, 0.2) is 58.3 Å². The maximum absolute atomic E-state index is 12.4. The Morgan fingerprint density at radius 3 is 2.69 bits per heavy atom. The molecule has 29 heavy (non-hydrogen) atoms. The van der Waals surface area contributed by atoms with Crippen LogP contribution in [0.3, 0.4) is 0 Å². The van der Waals surface area contributed by atoms with E-state index >= 15 is 0 Å². The van der Waals surface area contributed by atoms with E-state index in [1.807, 2.05) is 24.3 Å². The van der Waals surface area contributed by atoms with Gasteiger partial charge in [0.15, 0.2) is 10.4 Å². The van der Waals surface area contributed by atoms with Gasteiger partial charge in [0.2, 0.25) is 10.2 Å². The van der Waals surface area contributed by atoms with Crippen molar-refractivity contribution >= 4 is 50.8 Å². The van der Waals surface area contributed by atoms with Gasteiger partial charge < -0.3 is 14.8 Å². The fourth-order valence-corrected chi connectivity index (χ4v) is 5.66. The first-order valence-corrected chi connectivity index (χ1v) is 11.9. The summed E-state index contributed by atoms with van der Waals surface area (Å²) in [7, 11) is -3.45. The zero-order valence-electron chi connectivity index (χ0n) is 15.5.